The van der Waals surface area contributed by atoms with Crippen molar-refractivity contribution in [2.24, 2.45) is 5.92 Å². The van der Waals surface area contributed by atoms with Gasteiger partial charge in [-0.05, 0) is 23.1 Å². The summed E-state index contributed by atoms with van der Waals surface area (Å²) in [4.78, 5) is 29.0. The summed E-state index contributed by atoms with van der Waals surface area (Å²) < 4.78 is 5.00. The predicted octanol–water partition coefficient (Wildman–Crippen LogP) is 3.02. The maximum absolute atomic E-state index is 13.1. The zero-order valence-corrected chi connectivity index (χ0v) is 16.9. The number of carbonyl (C=O) groups excluding carboxylic acids is 2. The Labute approximate surface area is 172 Å². The number of nitrogens with zero attached hydrogens (tertiary/aromatic N) is 2. The summed E-state index contributed by atoms with van der Waals surface area (Å²) in [6.45, 7) is 5.74. The van der Waals surface area contributed by atoms with Crippen LogP contribution in [0.4, 0.5) is 0 Å². The van der Waals surface area contributed by atoms with Gasteiger partial charge in [0.15, 0.2) is 0 Å². The van der Waals surface area contributed by atoms with E-state index in [1.165, 1.54) is 7.11 Å². The summed E-state index contributed by atoms with van der Waals surface area (Å²) in [5, 5.41) is 0. The molecule has 0 aromatic heterocycles. The van der Waals surface area contributed by atoms with E-state index in [1.807, 2.05) is 18.2 Å². The van der Waals surface area contributed by atoms with Gasteiger partial charge in [-0.3, -0.25) is 9.59 Å². The molecule has 2 aromatic rings. The number of hydrogen-bond acceptors (Lipinski definition) is 3. The Balaban J connectivity index is 1.77. The van der Waals surface area contributed by atoms with Gasteiger partial charge in [0, 0.05) is 33.3 Å². The van der Waals surface area contributed by atoms with Gasteiger partial charge in [0.25, 0.3) is 0 Å². The van der Waals surface area contributed by atoms with Crippen molar-refractivity contribution in [2.45, 2.75) is 6.42 Å². The van der Waals surface area contributed by atoms with Crippen LogP contribution in [0, 0.1) is 5.92 Å². The number of hydrogen-bond donors (Lipinski definition) is 0. The molecule has 0 bridgehead atoms. The van der Waals surface area contributed by atoms with Gasteiger partial charge in [0.2, 0.25) is 11.8 Å². The molecule has 1 atom stereocenters. The Bertz CT molecular complexity index is 833. The minimum atomic E-state index is -0.277. The van der Waals surface area contributed by atoms with Crippen molar-refractivity contribution in [1.82, 2.24) is 9.80 Å². The number of methoxy groups -OCH3 is 1. The summed E-state index contributed by atoms with van der Waals surface area (Å²) in [6, 6.07) is 18.5. The van der Waals surface area contributed by atoms with Gasteiger partial charge in [0.05, 0.1) is 5.92 Å². The van der Waals surface area contributed by atoms with Gasteiger partial charge in [-0.1, -0.05) is 60.7 Å². The van der Waals surface area contributed by atoms with Gasteiger partial charge in [0.1, 0.15) is 6.61 Å². The summed E-state index contributed by atoms with van der Waals surface area (Å²) in [6.07, 6.45) is 2.33. The highest BCUT2D eigenvalue weighted by molar-refractivity contribution is 5.83. The molecule has 5 nitrogen and oxygen atoms in total. The van der Waals surface area contributed by atoms with Gasteiger partial charge >= 0.3 is 0 Å². The third kappa shape index (κ3) is 5.33. The molecule has 152 valence electrons. The maximum Gasteiger partial charge on any atom is 0.248 e. The lowest BCUT2D eigenvalue weighted by molar-refractivity contribution is -0.136. The van der Waals surface area contributed by atoms with Crippen LogP contribution in [0.5, 0.6) is 0 Å². The molecule has 0 spiro atoms. The minimum absolute atomic E-state index is 0.0359. The number of rotatable bonds is 7. The van der Waals surface area contributed by atoms with E-state index in [-0.39, 0.29) is 24.3 Å². The predicted molar refractivity (Wildman–Crippen MR) is 114 cm³/mol. The van der Waals surface area contributed by atoms with Crippen LogP contribution in [-0.4, -0.2) is 61.5 Å². The standard InChI is InChI=1S/C24H28N2O3/c1-3-13-25-14-15-26(23(27)18-29-2)17-22(24(25)28)16-19-9-11-21(12-10-19)20-7-5-4-6-8-20/h3-12,22H,1,13-18H2,2H3. The van der Waals surface area contributed by atoms with E-state index in [0.717, 1.165) is 16.7 Å². The highest BCUT2D eigenvalue weighted by Gasteiger charge is 2.31. The summed E-state index contributed by atoms with van der Waals surface area (Å²) >= 11 is 0. The van der Waals surface area contributed by atoms with Crippen LogP contribution in [0.15, 0.2) is 67.3 Å². The highest BCUT2D eigenvalue weighted by atomic mass is 16.5. The van der Waals surface area contributed by atoms with Crippen LogP contribution in [0.1, 0.15) is 5.56 Å². The summed E-state index contributed by atoms with van der Waals surface area (Å²) in [5.41, 5.74) is 3.40. The van der Waals surface area contributed by atoms with Crippen molar-refractivity contribution in [3.8, 4) is 11.1 Å². The zero-order chi connectivity index (χ0) is 20.6. The van der Waals surface area contributed by atoms with Gasteiger partial charge in [-0.2, -0.15) is 0 Å². The first-order valence-electron chi connectivity index (χ1n) is 9.93. The van der Waals surface area contributed by atoms with Crippen molar-refractivity contribution in [1.29, 1.82) is 0 Å². The monoisotopic (exact) mass is 392 g/mol. The third-order valence-corrected chi connectivity index (χ3v) is 5.25. The van der Waals surface area contributed by atoms with E-state index in [4.69, 9.17) is 4.74 Å². The molecule has 3 rings (SSSR count). The third-order valence-electron chi connectivity index (χ3n) is 5.25. The number of carbonyl (C=O) groups is 2. The molecule has 0 radical (unpaired) electrons. The van der Waals surface area contributed by atoms with Crippen LogP contribution in [0.25, 0.3) is 11.1 Å². The molecule has 1 saturated heterocycles. The fourth-order valence-corrected chi connectivity index (χ4v) is 3.72. The fourth-order valence-electron chi connectivity index (χ4n) is 3.72. The molecule has 5 heteroatoms. The van der Waals surface area contributed by atoms with E-state index < -0.39 is 0 Å². The number of amides is 2. The molecule has 2 aromatic carbocycles. The Hall–Kier alpha value is -2.92. The van der Waals surface area contributed by atoms with Crippen LogP contribution < -0.4 is 0 Å². The molecule has 1 aliphatic rings. The van der Waals surface area contributed by atoms with Crippen LogP contribution in [-0.2, 0) is 20.7 Å². The molecule has 2 amide bonds. The lowest BCUT2D eigenvalue weighted by atomic mass is 9.95. The minimum Gasteiger partial charge on any atom is -0.375 e. The second kappa shape index (κ2) is 10.0. The van der Waals surface area contributed by atoms with Crippen molar-refractivity contribution >= 4 is 11.8 Å². The Morgan fingerprint density at radius 1 is 1.10 bits per heavy atom. The van der Waals surface area contributed by atoms with Crippen molar-refractivity contribution < 1.29 is 14.3 Å². The second-order valence-electron chi connectivity index (χ2n) is 7.31. The Morgan fingerprint density at radius 3 is 2.45 bits per heavy atom. The summed E-state index contributed by atoms with van der Waals surface area (Å²) in [7, 11) is 1.51. The first-order chi connectivity index (χ1) is 14.1. The Kier molecular flexibility index (Phi) is 7.19. The molecule has 1 unspecified atom stereocenters. The largest absolute Gasteiger partial charge is 0.375 e. The molecule has 0 aliphatic carbocycles. The molecule has 1 fully saturated rings. The van der Waals surface area contributed by atoms with Crippen LogP contribution in [0.2, 0.25) is 0 Å². The fraction of sp³-hybridized carbons (Fsp3) is 0.333. The molecular formula is C24H28N2O3. The SMILES string of the molecule is C=CCN1CCN(C(=O)COC)CC(Cc2ccc(-c3ccccc3)cc2)C1=O. The van der Waals surface area contributed by atoms with E-state index >= 15 is 0 Å². The van der Waals surface area contributed by atoms with Gasteiger partial charge < -0.3 is 14.5 Å². The first-order valence-corrected chi connectivity index (χ1v) is 9.93. The van der Waals surface area contributed by atoms with Gasteiger partial charge in [-0.25, -0.2) is 0 Å². The maximum atomic E-state index is 13.1. The average molecular weight is 392 g/mol. The molecule has 1 aliphatic heterocycles. The van der Waals surface area contributed by atoms with Crippen molar-refractivity contribution in [2.75, 3.05) is 39.9 Å². The highest BCUT2D eigenvalue weighted by Crippen LogP contribution is 2.22. The molecule has 0 saturated carbocycles. The topological polar surface area (TPSA) is 49.9 Å². The van der Waals surface area contributed by atoms with E-state index in [2.05, 4.69) is 43.0 Å². The molecule has 0 N–H and O–H groups in total. The first kappa shape index (κ1) is 20.8. The van der Waals surface area contributed by atoms with E-state index in [1.54, 1.807) is 15.9 Å². The molecule has 1 heterocycles. The average Bonchev–Trinajstić information content (AvgIpc) is 2.90. The van der Waals surface area contributed by atoms with E-state index in [0.29, 0.717) is 32.6 Å². The van der Waals surface area contributed by atoms with Crippen molar-refractivity contribution in [3.63, 3.8) is 0 Å². The number of ether oxygens (including phenoxy) is 1. The normalized spacial score (nSPS) is 17.1. The molecule has 29 heavy (non-hydrogen) atoms. The van der Waals surface area contributed by atoms with Crippen LogP contribution in [0.3, 0.4) is 0 Å². The number of benzene rings is 2. The van der Waals surface area contributed by atoms with E-state index in [9.17, 15) is 9.59 Å². The lowest BCUT2D eigenvalue weighted by Gasteiger charge is -2.23. The summed E-state index contributed by atoms with van der Waals surface area (Å²) in [5.74, 6) is -0.282. The Morgan fingerprint density at radius 2 is 1.79 bits per heavy atom. The quantitative estimate of drug-likeness (QED) is 0.681. The smallest absolute Gasteiger partial charge is 0.248 e. The lowest BCUT2D eigenvalue weighted by Crippen LogP contribution is -2.39. The van der Waals surface area contributed by atoms with Crippen molar-refractivity contribution in [3.05, 3.63) is 72.8 Å². The zero-order valence-electron chi connectivity index (χ0n) is 16.9. The van der Waals surface area contributed by atoms with Gasteiger partial charge in [-0.15, -0.1) is 6.58 Å². The van der Waals surface area contributed by atoms with Crippen LogP contribution >= 0.6 is 0 Å². The molecular weight excluding hydrogens is 364 g/mol. The second-order valence-corrected chi connectivity index (χ2v) is 7.31.